The van der Waals surface area contributed by atoms with E-state index in [1.165, 1.54) is 18.2 Å². The Labute approximate surface area is 162 Å². The van der Waals surface area contributed by atoms with Gasteiger partial charge in [-0.25, -0.2) is 9.37 Å². The normalized spacial score (nSPS) is 13.2. The summed E-state index contributed by atoms with van der Waals surface area (Å²) in [7, 11) is 0. The second kappa shape index (κ2) is 8.08. The molecule has 8 heteroatoms. The summed E-state index contributed by atoms with van der Waals surface area (Å²) in [6.45, 7) is 5.64. The molecule has 0 bridgehead atoms. The molecule has 2 heterocycles. The molecule has 0 atom stereocenters. The van der Waals surface area contributed by atoms with E-state index >= 15 is 0 Å². The number of aromatic nitrogens is 2. The summed E-state index contributed by atoms with van der Waals surface area (Å²) in [6.07, 6.45) is 2.56. The minimum Gasteiger partial charge on any atom is -0.337 e. The number of amides is 2. The molecule has 1 aliphatic rings. The van der Waals surface area contributed by atoms with Crippen LogP contribution in [0.2, 0.25) is 5.02 Å². The Balaban J connectivity index is 1.94. The molecule has 2 amide bonds. The first-order valence-corrected chi connectivity index (χ1v) is 9.49. The predicted octanol–water partition coefficient (Wildman–Crippen LogP) is 3.75. The fourth-order valence-electron chi connectivity index (χ4n) is 3.30. The number of nitrogens with zero attached hydrogens (tertiary/aromatic N) is 3. The third-order valence-corrected chi connectivity index (χ3v) is 5.04. The number of halogens is 2. The molecule has 27 heavy (non-hydrogen) atoms. The minimum absolute atomic E-state index is 0.0722. The van der Waals surface area contributed by atoms with E-state index in [1.54, 1.807) is 4.90 Å². The van der Waals surface area contributed by atoms with Gasteiger partial charge in [0, 0.05) is 25.3 Å². The van der Waals surface area contributed by atoms with E-state index < -0.39 is 11.7 Å². The van der Waals surface area contributed by atoms with Gasteiger partial charge < -0.3 is 14.8 Å². The van der Waals surface area contributed by atoms with Crippen LogP contribution in [-0.2, 0) is 13.0 Å². The fourth-order valence-corrected chi connectivity index (χ4v) is 3.49. The van der Waals surface area contributed by atoms with Crippen LogP contribution in [0.3, 0.4) is 0 Å². The molecule has 1 aliphatic heterocycles. The summed E-state index contributed by atoms with van der Waals surface area (Å²) in [4.78, 5) is 31.7. The molecule has 144 valence electrons. The smallest absolute Gasteiger partial charge is 0.289 e. The lowest BCUT2D eigenvalue weighted by Gasteiger charge is -2.21. The highest BCUT2D eigenvalue weighted by Gasteiger charge is 2.29. The summed E-state index contributed by atoms with van der Waals surface area (Å²) >= 11 is 5.77. The number of imidazole rings is 1. The lowest BCUT2D eigenvalue weighted by molar-refractivity contribution is 0.0754. The molecular formula is C19H22ClFN4O2. The van der Waals surface area contributed by atoms with E-state index in [1.807, 2.05) is 18.4 Å². The Hall–Kier alpha value is -2.41. The Bertz CT molecular complexity index is 877. The summed E-state index contributed by atoms with van der Waals surface area (Å²) in [5, 5.41) is 2.62. The molecule has 0 unspecified atom stereocenters. The highest BCUT2D eigenvalue weighted by Crippen LogP contribution is 2.24. The van der Waals surface area contributed by atoms with Gasteiger partial charge in [-0.3, -0.25) is 9.59 Å². The van der Waals surface area contributed by atoms with Crippen molar-refractivity contribution < 1.29 is 14.0 Å². The first kappa shape index (κ1) is 19.4. The lowest BCUT2D eigenvalue weighted by atomic mass is 10.1. The van der Waals surface area contributed by atoms with Gasteiger partial charge in [0.05, 0.1) is 10.7 Å². The highest BCUT2D eigenvalue weighted by molar-refractivity contribution is 6.31. The predicted molar refractivity (Wildman–Crippen MR) is 102 cm³/mol. The number of fused-ring (bicyclic) bond motifs is 1. The maximum atomic E-state index is 13.3. The molecule has 1 N–H and O–H groups in total. The molecular weight excluding hydrogens is 371 g/mol. The Morgan fingerprint density at radius 1 is 1.30 bits per heavy atom. The SMILES string of the molecule is CCN(CC)C(=O)c1nc(C(=O)Nc2ccc(F)c(Cl)c2)c2n1CCCC2. The quantitative estimate of drug-likeness (QED) is 0.842. The van der Waals surface area contributed by atoms with E-state index in [0.717, 1.165) is 18.5 Å². The molecule has 0 spiro atoms. The van der Waals surface area contributed by atoms with Gasteiger partial charge >= 0.3 is 0 Å². The third kappa shape index (κ3) is 3.83. The second-order valence-electron chi connectivity index (χ2n) is 6.40. The van der Waals surface area contributed by atoms with Gasteiger partial charge in [0.15, 0.2) is 11.5 Å². The van der Waals surface area contributed by atoms with E-state index in [9.17, 15) is 14.0 Å². The van der Waals surface area contributed by atoms with Gasteiger partial charge in [0.1, 0.15) is 5.82 Å². The van der Waals surface area contributed by atoms with Crippen LogP contribution in [0, 0.1) is 5.82 Å². The van der Waals surface area contributed by atoms with Crippen LogP contribution in [0.15, 0.2) is 18.2 Å². The van der Waals surface area contributed by atoms with Gasteiger partial charge in [-0.1, -0.05) is 11.6 Å². The van der Waals surface area contributed by atoms with Crippen molar-refractivity contribution in [1.82, 2.24) is 14.5 Å². The zero-order chi connectivity index (χ0) is 19.6. The van der Waals surface area contributed by atoms with Gasteiger partial charge in [-0.2, -0.15) is 0 Å². The molecule has 1 aromatic carbocycles. The van der Waals surface area contributed by atoms with Gasteiger partial charge in [-0.15, -0.1) is 0 Å². The summed E-state index contributed by atoms with van der Waals surface area (Å²) in [6, 6.07) is 3.97. The number of benzene rings is 1. The topological polar surface area (TPSA) is 67.2 Å². The molecule has 2 aromatic rings. The van der Waals surface area contributed by atoms with Crippen molar-refractivity contribution >= 4 is 29.1 Å². The van der Waals surface area contributed by atoms with Crippen molar-refractivity contribution in [2.45, 2.75) is 39.7 Å². The maximum absolute atomic E-state index is 13.3. The van der Waals surface area contributed by atoms with E-state index in [2.05, 4.69) is 10.3 Å². The number of nitrogens with one attached hydrogen (secondary N) is 1. The molecule has 0 aliphatic carbocycles. The molecule has 1 aromatic heterocycles. The number of anilines is 1. The molecule has 6 nitrogen and oxygen atoms in total. The standard InChI is InChI=1S/C19H22ClFN4O2/c1-3-24(4-2)19(27)17-23-16(15-7-5-6-10-25(15)17)18(26)22-12-8-9-14(21)13(20)11-12/h8-9,11H,3-7,10H2,1-2H3,(H,22,26). The number of hydrogen-bond donors (Lipinski definition) is 1. The monoisotopic (exact) mass is 392 g/mol. The second-order valence-corrected chi connectivity index (χ2v) is 6.81. The Kier molecular flexibility index (Phi) is 5.79. The van der Waals surface area contributed by atoms with E-state index in [0.29, 0.717) is 37.6 Å². The largest absolute Gasteiger partial charge is 0.337 e. The number of rotatable bonds is 5. The minimum atomic E-state index is -0.554. The highest BCUT2D eigenvalue weighted by atomic mass is 35.5. The average Bonchev–Trinajstić information content (AvgIpc) is 3.05. The van der Waals surface area contributed by atoms with Crippen LogP contribution in [0.1, 0.15) is 53.5 Å². The molecule has 0 saturated heterocycles. The molecule has 0 saturated carbocycles. The van der Waals surface area contributed by atoms with Crippen molar-refractivity contribution in [2.24, 2.45) is 0 Å². The van der Waals surface area contributed by atoms with Crippen LogP contribution in [0.25, 0.3) is 0 Å². The Morgan fingerprint density at radius 3 is 2.70 bits per heavy atom. The maximum Gasteiger partial charge on any atom is 0.289 e. The summed E-state index contributed by atoms with van der Waals surface area (Å²) in [5.41, 5.74) is 1.38. The van der Waals surface area contributed by atoms with Crippen LogP contribution >= 0.6 is 11.6 Å². The van der Waals surface area contributed by atoms with Crippen molar-refractivity contribution in [3.8, 4) is 0 Å². The van der Waals surface area contributed by atoms with Gasteiger partial charge in [0.25, 0.3) is 11.8 Å². The first-order valence-electron chi connectivity index (χ1n) is 9.11. The summed E-state index contributed by atoms with van der Waals surface area (Å²) in [5.74, 6) is -0.856. The zero-order valence-corrected chi connectivity index (χ0v) is 16.1. The van der Waals surface area contributed by atoms with Crippen molar-refractivity contribution in [3.63, 3.8) is 0 Å². The van der Waals surface area contributed by atoms with Crippen LogP contribution < -0.4 is 5.32 Å². The van der Waals surface area contributed by atoms with Crippen molar-refractivity contribution in [1.29, 1.82) is 0 Å². The van der Waals surface area contributed by atoms with Crippen molar-refractivity contribution in [3.05, 3.63) is 46.3 Å². The first-order chi connectivity index (χ1) is 13.0. The van der Waals surface area contributed by atoms with Crippen LogP contribution in [-0.4, -0.2) is 39.4 Å². The van der Waals surface area contributed by atoms with Gasteiger partial charge in [0.2, 0.25) is 0 Å². The fraction of sp³-hybridized carbons (Fsp3) is 0.421. The molecule has 0 radical (unpaired) electrons. The molecule has 0 fully saturated rings. The molecule has 3 rings (SSSR count). The lowest BCUT2D eigenvalue weighted by Crippen LogP contribution is -2.33. The average molecular weight is 393 g/mol. The van der Waals surface area contributed by atoms with Crippen LogP contribution in [0.4, 0.5) is 10.1 Å². The van der Waals surface area contributed by atoms with Crippen LogP contribution in [0.5, 0.6) is 0 Å². The Morgan fingerprint density at radius 2 is 2.04 bits per heavy atom. The zero-order valence-electron chi connectivity index (χ0n) is 15.4. The number of hydrogen-bond acceptors (Lipinski definition) is 3. The number of carbonyl (C=O) groups excluding carboxylic acids is 2. The van der Waals surface area contributed by atoms with E-state index in [4.69, 9.17) is 11.6 Å². The van der Waals surface area contributed by atoms with Gasteiger partial charge in [-0.05, 0) is 51.3 Å². The number of carbonyl (C=O) groups is 2. The van der Waals surface area contributed by atoms with E-state index in [-0.39, 0.29) is 16.6 Å². The van der Waals surface area contributed by atoms with Crippen molar-refractivity contribution in [2.75, 3.05) is 18.4 Å². The summed E-state index contributed by atoms with van der Waals surface area (Å²) < 4.78 is 15.2. The third-order valence-electron chi connectivity index (χ3n) is 4.75.